The van der Waals surface area contributed by atoms with E-state index in [1.807, 2.05) is 23.1 Å². The second-order valence-corrected chi connectivity index (χ2v) is 10.3. The number of hydrogen-bond donors (Lipinski definition) is 1. The van der Waals surface area contributed by atoms with Gasteiger partial charge in [0.25, 0.3) is 0 Å². The molecule has 1 N–H and O–H groups in total. The third kappa shape index (κ3) is 6.90. The molecule has 2 heterocycles. The molecule has 0 spiro atoms. The van der Waals surface area contributed by atoms with Crippen molar-refractivity contribution in [3.63, 3.8) is 0 Å². The van der Waals surface area contributed by atoms with Crippen LogP contribution in [0.1, 0.15) is 84.1 Å². The number of rotatable bonds is 14. The molecule has 2 aliphatic heterocycles. The maximum atomic E-state index is 13.4. The molecule has 0 saturated carbocycles. The quantitative estimate of drug-likeness (QED) is 0.391. The molecule has 0 aliphatic carbocycles. The second kappa shape index (κ2) is 13.1. The van der Waals surface area contributed by atoms with Crippen LogP contribution in [0.15, 0.2) is 18.2 Å². The Bertz CT molecular complexity index is 837. The van der Waals surface area contributed by atoms with Gasteiger partial charge in [-0.1, -0.05) is 59.4 Å². The molecule has 3 rings (SSSR count). The van der Waals surface area contributed by atoms with Gasteiger partial charge in [0, 0.05) is 31.6 Å². The number of nitrogens with zero attached hydrogens (tertiary/aromatic N) is 2. The Morgan fingerprint density at radius 3 is 2.40 bits per heavy atom. The van der Waals surface area contributed by atoms with E-state index in [-0.39, 0.29) is 31.2 Å². The van der Waals surface area contributed by atoms with Gasteiger partial charge in [-0.25, -0.2) is 0 Å². The number of benzene rings is 1. The normalized spacial score (nSPS) is 22.3. The van der Waals surface area contributed by atoms with Crippen LogP contribution in [-0.2, 0) is 9.59 Å². The average molecular weight is 489 g/mol. The number of carbonyl (C=O) groups excluding carboxylic acids is 1. The highest BCUT2D eigenvalue weighted by molar-refractivity contribution is 5.79. The highest BCUT2D eigenvalue weighted by Crippen LogP contribution is 2.43. The lowest BCUT2D eigenvalue weighted by Crippen LogP contribution is -2.45. The van der Waals surface area contributed by atoms with Gasteiger partial charge in [0.1, 0.15) is 0 Å². The summed E-state index contributed by atoms with van der Waals surface area (Å²) in [5.74, 6) is 0.330. The lowest BCUT2D eigenvalue weighted by molar-refractivity contribution is -0.144. The fourth-order valence-electron chi connectivity index (χ4n) is 5.62. The van der Waals surface area contributed by atoms with Gasteiger partial charge in [0.2, 0.25) is 12.7 Å². The standard InChI is InChI=1S/C28H44N2O5/c1-5-8-13-29(14-9-6-2)26(31)18-30-17-22(21-11-12-24-25(16-21)35-19-34-24)27(28(32)33)23(30)15-20(4)10-7-3/h11-12,16,20,22-23,27H,5-10,13-15,17-19H2,1-4H3,(H,32,33)/t20?,22-,23-,27+/m1/s1. The van der Waals surface area contributed by atoms with Gasteiger partial charge in [-0.15, -0.1) is 0 Å². The Hall–Kier alpha value is -2.28. The molecule has 2 aliphatic rings. The zero-order valence-corrected chi connectivity index (χ0v) is 22.0. The van der Waals surface area contributed by atoms with Crippen molar-refractivity contribution in [1.82, 2.24) is 9.80 Å². The molecule has 35 heavy (non-hydrogen) atoms. The van der Waals surface area contributed by atoms with Gasteiger partial charge in [-0.2, -0.15) is 0 Å². The van der Waals surface area contributed by atoms with Crippen LogP contribution in [0.5, 0.6) is 11.5 Å². The highest BCUT2D eigenvalue weighted by atomic mass is 16.7. The summed E-state index contributed by atoms with van der Waals surface area (Å²) in [7, 11) is 0. The van der Waals surface area contributed by atoms with Gasteiger partial charge < -0.3 is 19.5 Å². The van der Waals surface area contributed by atoms with E-state index in [1.165, 1.54) is 0 Å². The first kappa shape index (κ1) is 27.3. The van der Waals surface area contributed by atoms with Crippen LogP contribution in [0.25, 0.3) is 0 Å². The Morgan fingerprint density at radius 1 is 1.09 bits per heavy atom. The highest BCUT2D eigenvalue weighted by Gasteiger charge is 2.47. The summed E-state index contributed by atoms with van der Waals surface area (Å²) in [6, 6.07) is 5.58. The summed E-state index contributed by atoms with van der Waals surface area (Å²) in [5, 5.41) is 10.4. The Morgan fingerprint density at radius 2 is 1.77 bits per heavy atom. The van der Waals surface area contributed by atoms with Gasteiger partial charge in [0.05, 0.1) is 12.5 Å². The third-order valence-corrected chi connectivity index (χ3v) is 7.54. The summed E-state index contributed by atoms with van der Waals surface area (Å²) in [6.07, 6.45) is 6.97. The van der Waals surface area contributed by atoms with Gasteiger partial charge >= 0.3 is 5.97 Å². The zero-order valence-electron chi connectivity index (χ0n) is 22.0. The Kier molecular flexibility index (Phi) is 10.3. The van der Waals surface area contributed by atoms with E-state index in [4.69, 9.17) is 9.47 Å². The molecule has 0 aromatic heterocycles. The van der Waals surface area contributed by atoms with Crippen LogP contribution >= 0.6 is 0 Å². The lowest BCUT2D eigenvalue weighted by Gasteiger charge is -2.31. The zero-order chi connectivity index (χ0) is 25.4. The SMILES string of the molecule is CCCCN(CCCC)C(=O)CN1C[C@H](c2ccc3c(c2)OCO3)[C@H](C(=O)O)[C@H]1CC(C)CCC. The number of amides is 1. The summed E-state index contributed by atoms with van der Waals surface area (Å²) >= 11 is 0. The van der Waals surface area contributed by atoms with E-state index in [9.17, 15) is 14.7 Å². The maximum absolute atomic E-state index is 13.4. The van der Waals surface area contributed by atoms with Crippen LogP contribution in [-0.4, -0.2) is 65.8 Å². The number of unbranched alkanes of at least 4 members (excludes halogenated alkanes) is 2. The summed E-state index contributed by atoms with van der Waals surface area (Å²) in [4.78, 5) is 30.2. The Labute approximate surface area is 210 Å². The molecule has 4 atom stereocenters. The van der Waals surface area contributed by atoms with Crippen molar-refractivity contribution in [1.29, 1.82) is 0 Å². The molecule has 1 saturated heterocycles. The summed E-state index contributed by atoms with van der Waals surface area (Å²) < 4.78 is 11.0. The third-order valence-electron chi connectivity index (χ3n) is 7.54. The minimum Gasteiger partial charge on any atom is -0.481 e. The molecule has 7 heteroatoms. The van der Waals surface area contributed by atoms with E-state index in [0.717, 1.165) is 63.6 Å². The van der Waals surface area contributed by atoms with E-state index in [2.05, 4.69) is 32.6 Å². The van der Waals surface area contributed by atoms with Crippen molar-refractivity contribution in [3.8, 4) is 11.5 Å². The van der Waals surface area contributed by atoms with E-state index in [0.29, 0.717) is 24.0 Å². The average Bonchev–Trinajstić information content (AvgIpc) is 3.43. The van der Waals surface area contributed by atoms with Crippen LogP contribution in [0.3, 0.4) is 0 Å². The minimum absolute atomic E-state index is 0.121. The predicted molar refractivity (Wildman–Crippen MR) is 137 cm³/mol. The number of carboxylic acid groups (broad SMARTS) is 1. The molecule has 1 unspecified atom stereocenters. The maximum Gasteiger partial charge on any atom is 0.308 e. The number of aliphatic carboxylic acids is 1. The molecule has 0 bridgehead atoms. The largest absolute Gasteiger partial charge is 0.481 e. The first-order valence-corrected chi connectivity index (χ1v) is 13.5. The molecule has 0 radical (unpaired) electrons. The molecular weight excluding hydrogens is 444 g/mol. The molecule has 1 fully saturated rings. The van der Waals surface area contributed by atoms with Gasteiger partial charge in [-0.3, -0.25) is 14.5 Å². The number of ether oxygens (including phenoxy) is 2. The first-order chi connectivity index (χ1) is 16.9. The molecule has 1 aromatic rings. The fraction of sp³-hybridized carbons (Fsp3) is 0.714. The number of carboxylic acids is 1. The van der Waals surface area contributed by atoms with Crippen LogP contribution in [0.4, 0.5) is 0 Å². The van der Waals surface area contributed by atoms with E-state index < -0.39 is 11.9 Å². The topological polar surface area (TPSA) is 79.3 Å². The molecule has 7 nitrogen and oxygen atoms in total. The minimum atomic E-state index is -0.787. The van der Waals surface area contributed by atoms with Crippen molar-refractivity contribution in [3.05, 3.63) is 23.8 Å². The second-order valence-electron chi connectivity index (χ2n) is 10.3. The van der Waals surface area contributed by atoms with Crippen molar-refractivity contribution in [2.24, 2.45) is 11.8 Å². The Balaban J connectivity index is 1.86. The van der Waals surface area contributed by atoms with Crippen LogP contribution in [0.2, 0.25) is 0 Å². The van der Waals surface area contributed by atoms with Crippen LogP contribution in [0, 0.1) is 11.8 Å². The molecule has 1 aromatic carbocycles. The number of fused-ring (bicyclic) bond motifs is 1. The summed E-state index contributed by atoms with van der Waals surface area (Å²) in [6.45, 7) is 11.2. The van der Waals surface area contributed by atoms with Crippen molar-refractivity contribution in [2.75, 3.05) is 33.0 Å². The van der Waals surface area contributed by atoms with E-state index in [1.54, 1.807) is 0 Å². The smallest absolute Gasteiger partial charge is 0.308 e. The number of carbonyl (C=O) groups is 2. The molecule has 196 valence electrons. The fourth-order valence-corrected chi connectivity index (χ4v) is 5.62. The van der Waals surface area contributed by atoms with Crippen molar-refractivity contribution in [2.45, 2.75) is 84.6 Å². The van der Waals surface area contributed by atoms with Crippen molar-refractivity contribution < 1.29 is 24.2 Å². The first-order valence-electron chi connectivity index (χ1n) is 13.5. The molecule has 1 amide bonds. The number of likely N-dealkylation sites (tertiary alicyclic amines) is 1. The van der Waals surface area contributed by atoms with Crippen LogP contribution < -0.4 is 9.47 Å². The van der Waals surface area contributed by atoms with Crippen molar-refractivity contribution >= 4 is 11.9 Å². The van der Waals surface area contributed by atoms with Gasteiger partial charge in [0.15, 0.2) is 11.5 Å². The molecular formula is C28H44N2O5. The number of hydrogen-bond acceptors (Lipinski definition) is 5. The van der Waals surface area contributed by atoms with Gasteiger partial charge in [-0.05, 0) is 42.9 Å². The van der Waals surface area contributed by atoms with E-state index >= 15 is 0 Å². The lowest BCUT2D eigenvalue weighted by atomic mass is 9.81. The monoisotopic (exact) mass is 488 g/mol. The summed E-state index contributed by atoms with van der Waals surface area (Å²) in [5.41, 5.74) is 0.943. The predicted octanol–water partition coefficient (Wildman–Crippen LogP) is 5.14.